The Morgan fingerprint density at radius 3 is 0.966 bits per heavy atom. The van der Waals surface area contributed by atoms with E-state index < -0.39 is 24.2 Å². The second kappa shape index (κ2) is 13.9. The monoisotopic (exact) mass is 782 g/mol. The van der Waals surface area contributed by atoms with Crippen LogP contribution >= 0.6 is 0 Å². The molecule has 0 atom stereocenters. The fourth-order valence-corrected chi connectivity index (χ4v) is 7.91. The number of aryl methyl sites for hydroxylation is 2. The summed E-state index contributed by atoms with van der Waals surface area (Å²) in [6.45, 7) is 4.13. The molecule has 0 heterocycles. The Labute approximate surface area is 329 Å². The molecule has 9 rings (SSSR count). The van der Waals surface area contributed by atoms with Crippen molar-refractivity contribution in [3.05, 3.63) is 169 Å². The van der Waals surface area contributed by atoms with Gasteiger partial charge < -0.3 is 19.3 Å². The summed E-state index contributed by atoms with van der Waals surface area (Å²) < 4.78 is 86.7. The van der Waals surface area contributed by atoms with Crippen LogP contribution in [-0.4, -0.2) is 12.7 Å². The maximum absolute atomic E-state index is 13.1. The van der Waals surface area contributed by atoms with Crippen LogP contribution in [0, 0.1) is 13.8 Å². The molecule has 58 heavy (non-hydrogen) atoms. The fourth-order valence-electron chi connectivity index (χ4n) is 7.91. The van der Waals surface area contributed by atoms with Crippen molar-refractivity contribution in [3.8, 4) is 11.5 Å². The van der Waals surface area contributed by atoms with E-state index >= 15 is 0 Å². The van der Waals surface area contributed by atoms with Gasteiger partial charge in [0.2, 0.25) is 0 Å². The summed E-state index contributed by atoms with van der Waals surface area (Å²) in [6, 6.07) is 48.2. The molecule has 0 aliphatic carbocycles. The third-order valence-corrected chi connectivity index (χ3v) is 10.3. The molecular weight excluding hydrogens is 751 g/mol. The normalized spacial score (nSPS) is 12.1. The molecule has 0 aliphatic heterocycles. The molecule has 0 aliphatic rings. The van der Waals surface area contributed by atoms with Gasteiger partial charge in [-0.3, -0.25) is 0 Å². The van der Waals surface area contributed by atoms with Crippen LogP contribution in [-0.2, 0) is 0 Å². The van der Waals surface area contributed by atoms with Crippen molar-refractivity contribution < 1.29 is 35.8 Å². The van der Waals surface area contributed by atoms with Crippen LogP contribution in [0.1, 0.15) is 11.1 Å². The highest BCUT2D eigenvalue weighted by atomic mass is 19.4. The van der Waals surface area contributed by atoms with Gasteiger partial charge in [0.05, 0.1) is 11.4 Å². The third kappa shape index (κ3) is 6.80. The molecule has 9 aromatic carbocycles. The number of ether oxygens (including phenoxy) is 2. The zero-order valence-electron chi connectivity index (χ0n) is 31.0. The van der Waals surface area contributed by atoms with Gasteiger partial charge in [-0.15, -0.1) is 26.3 Å². The molecule has 10 heteroatoms. The molecule has 0 fully saturated rings. The van der Waals surface area contributed by atoms with Crippen LogP contribution in [0.5, 0.6) is 11.5 Å². The van der Waals surface area contributed by atoms with E-state index in [0.29, 0.717) is 17.1 Å². The Morgan fingerprint density at radius 1 is 0.345 bits per heavy atom. The average molecular weight is 783 g/mol. The van der Waals surface area contributed by atoms with E-state index in [9.17, 15) is 26.3 Å². The highest BCUT2D eigenvalue weighted by Crippen LogP contribution is 2.49. The van der Waals surface area contributed by atoms with E-state index in [4.69, 9.17) is 0 Å². The molecule has 9 aromatic rings. The second-order valence-electron chi connectivity index (χ2n) is 14.1. The first-order valence-electron chi connectivity index (χ1n) is 18.4. The summed E-state index contributed by atoms with van der Waals surface area (Å²) in [5.74, 6) is -0.816. The summed E-state index contributed by atoms with van der Waals surface area (Å²) in [5, 5.41) is 7.99. The van der Waals surface area contributed by atoms with Crippen molar-refractivity contribution in [2.24, 2.45) is 0 Å². The molecular formula is C48H32F6N2O2. The standard InChI is InChI=1S/C48H32F6N2O2/c1-29-9-13-31(14-10-29)55(32-15-11-30(2)12-16-32)43-27-25-39-38-6-4-8-42-44(28-26-40(46(38)42)37-5-3-7-41(43)45(37)39)56(33-17-21-35(22-18-33)57-47(49,50)51)34-19-23-36(24-20-34)58-48(52,53)54/h3-28H,1-2H3. The van der Waals surface area contributed by atoms with Crippen molar-refractivity contribution in [1.29, 1.82) is 0 Å². The van der Waals surface area contributed by atoms with Crippen molar-refractivity contribution in [3.63, 3.8) is 0 Å². The number of benzene rings is 9. The smallest absolute Gasteiger partial charge is 0.406 e. The predicted octanol–water partition coefficient (Wildman–Crippen LogP) is 15.1. The lowest BCUT2D eigenvalue weighted by molar-refractivity contribution is -0.275. The van der Waals surface area contributed by atoms with Crippen molar-refractivity contribution in [2.45, 2.75) is 26.6 Å². The molecule has 0 amide bonds. The number of hydrogen-bond acceptors (Lipinski definition) is 4. The fraction of sp³-hybridized carbons (Fsp3) is 0.0833. The van der Waals surface area contributed by atoms with Gasteiger partial charge in [0, 0.05) is 33.5 Å². The molecule has 0 saturated carbocycles. The lowest BCUT2D eigenvalue weighted by atomic mass is 9.88. The minimum atomic E-state index is -4.88. The van der Waals surface area contributed by atoms with Crippen molar-refractivity contribution in [1.82, 2.24) is 0 Å². The molecule has 0 spiro atoms. The minimum Gasteiger partial charge on any atom is -0.406 e. The van der Waals surface area contributed by atoms with Gasteiger partial charge in [-0.2, -0.15) is 0 Å². The number of rotatable bonds is 8. The largest absolute Gasteiger partial charge is 0.573 e. The SMILES string of the molecule is Cc1ccc(N(c2ccc(C)cc2)c2ccc3c4cccc5c(N(c6ccc(OC(F)(F)F)cc6)c6ccc(OC(F)(F)F)cc6)ccc(c6cccc2c63)c54)cc1. The third-order valence-electron chi connectivity index (χ3n) is 10.3. The van der Waals surface area contributed by atoms with Crippen molar-refractivity contribution >= 4 is 77.2 Å². The Morgan fingerprint density at radius 2 is 0.638 bits per heavy atom. The highest BCUT2D eigenvalue weighted by molar-refractivity contribution is 6.35. The number of halogens is 6. The van der Waals surface area contributed by atoms with Gasteiger partial charge in [-0.05, 0) is 131 Å². The summed E-state index contributed by atoms with van der Waals surface area (Å²) in [6.07, 6.45) is -9.77. The zero-order chi connectivity index (χ0) is 40.3. The molecule has 0 aromatic heterocycles. The number of anilines is 6. The predicted molar refractivity (Wildman–Crippen MR) is 220 cm³/mol. The molecule has 0 bridgehead atoms. The van der Waals surface area contributed by atoms with Crippen molar-refractivity contribution in [2.75, 3.05) is 9.80 Å². The second-order valence-corrected chi connectivity index (χ2v) is 14.1. The van der Waals surface area contributed by atoms with Gasteiger partial charge in [-0.1, -0.05) is 83.9 Å². The number of hydrogen-bond donors (Lipinski definition) is 0. The van der Waals surface area contributed by atoms with Crippen LogP contribution in [0.4, 0.5) is 60.5 Å². The van der Waals surface area contributed by atoms with Crippen LogP contribution in [0.15, 0.2) is 158 Å². The molecule has 288 valence electrons. The quantitative estimate of drug-likeness (QED) is 0.0871. The first-order valence-corrected chi connectivity index (χ1v) is 18.4. The van der Waals surface area contributed by atoms with Gasteiger partial charge >= 0.3 is 12.7 Å². The molecule has 0 saturated heterocycles. The molecule has 0 radical (unpaired) electrons. The Hall–Kier alpha value is -6.94. The zero-order valence-corrected chi connectivity index (χ0v) is 31.0. The average Bonchev–Trinajstić information content (AvgIpc) is 3.19. The Balaban J connectivity index is 1.25. The maximum Gasteiger partial charge on any atom is 0.573 e. The summed E-state index contributed by atoms with van der Waals surface area (Å²) in [5.41, 5.74) is 6.95. The number of fused-ring (bicyclic) bond motifs is 2. The van der Waals surface area contributed by atoms with Gasteiger partial charge in [-0.25, -0.2) is 0 Å². The van der Waals surface area contributed by atoms with E-state index in [1.165, 1.54) is 48.5 Å². The Bertz CT molecular complexity index is 2800. The van der Waals surface area contributed by atoms with Crippen LogP contribution < -0.4 is 19.3 Å². The molecule has 0 unspecified atom stereocenters. The summed E-state index contributed by atoms with van der Waals surface area (Å²) in [7, 11) is 0. The Kier molecular flexibility index (Phi) is 8.80. The van der Waals surface area contributed by atoms with E-state index in [2.05, 4.69) is 113 Å². The van der Waals surface area contributed by atoms with E-state index in [0.717, 1.165) is 71.3 Å². The summed E-state index contributed by atoms with van der Waals surface area (Å²) >= 11 is 0. The van der Waals surface area contributed by atoms with Gasteiger partial charge in [0.25, 0.3) is 0 Å². The van der Waals surface area contributed by atoms with Crippen LogP contribution in [0.2, 0.25) is 0 Å². The van der Waals surface area contributed by atoms with E-state index in [-0.39, 0.29) is 0 Å². The molecule has 4 nitrogen and oxygen atoms in total. The minimum absolute atomic E-state index is 0.408. The number of alkyl halides is 6. The van der Waals surface area contributed by atoms with E-state index in [1.54, 1.807) is 4.90 Å². The number of nitrogens with zero attached hydrogens (tertiary/aromatic N) is 2. The van der Waals surface area contributed by atoms with E-state index in [1.807, 2.05) is 24.3 Å². The highest BCUT2D eigenvalue weighted by Gasteiger charge is 2.32. The van der Waals surface area contributed by atoms with Crippen LogP contribution in [0.25, 0.3) is 43.1 Å². The van der Waals surface area contributed by atoms with Gasteiger partial charge in [0.15, 0.2) is 0 Å². The molecule has 0 N–H and O–H groups in total. The first kappa shape index (κ1) is 36.7. The summed E-state index contributed by atoms with van der Waals surface area (Å²) in [4.78, 5) is 4.06. The van der Waals surface area contributed by atoms with Gasteiger partial charge in [0.1, 0.15) is 11.5 Å². The topological polar surface area (TPSA) is 24.9 Å². The van der Waals surface area contributed by atoms with Crippen LogP contribution in [0.3, 0.4) is 0 Å². The lowest BCUT2D eigenvalue weighted by Crippen LogP contribution is -2.17. The lowest BCUT2D eigenvalue weighted by Gasteiger charge is -2.29. The maximum atomic E-state index is 13.1. The first-order chi connectivity index (χ1) is 27.8.